The van der Waals surface area contributed by atoms with Crippen molar-refractivity contribution < 1.29 is 9.53 Å². The number of carbonyl (C=O) groups is 1. The molecule has 0 saturated heterocycles. The van der Waals surface area contributed by atoms with Crippen molar-refractivity contribution >= 4 is 35.8 Å². The number of aliphatic imine (C=N–C) groups is 1. The number of nitrogens with one attached hydrogen (secondary N) is 2. The molecule has 0 radical (unpaired) electrons. The van der Waals surface area contributed by atoms with Gasteiger partial charge in [-0.2, -0.15) is 0 Å². The van der Waals surface area contributed by atoms with E-state index < -0.39 is 0 Å². The first-order chi connectivity index (χ1) is 13.4. The van der Waals surface area contributed by atoms with E-state index in [2.05, 4.69) is 22.5 Å². The van der Waals surface area contributed by atoms with Crippen LogP contribution in [0.2, 0.25) is 0 Å². The maximum atomic E-state index is 11.9. The van der Waals surface area contributed by atoms with E-state index in [4.69, 9.17) is 4.74 Å². The Morgan fingerprint density at radius 1 is 1.07 bits per heavy atom. The Bertz CT molecular complexity index is 789. The third-order valence-electron chi connectivity index (χ3n) is 4.21. The van der Waals surface area contributed by atoms with E-state index in [1.54, 1.807) is 26.0 Å². The molecule has 0 aromatic heterocycles. The van der Waals surface area contributed by atoms with E-state index in [1.807, 2.05) is 55.5 Å². The Hall–Kier alpha value is -2.29. The van der Waals surface area contributed by atoms with Gasteiger partial charge in [-0.05, 0) is 43.7 Å². The molecule has 0 aliphatic rings. The number of nitrogens with zero attached hydrogens (tertiary/aromatic N) is 2. The Labute approximate surface area is 190 Å². The van der Waals surface area contributed by atoms with Crippen molar-refractivity contribution in [2.75, 3.05) is 27.7 Å². The molecule has 29 heavy (non-hydrogen) atoms. The van der Waals surface area contributed by atoms with Gasteiger partial charge in [-0.1, -0.05) is 29.8 Å². The van der Waals surface area contributed by atoms with Gasteiger partial charge in [-0.25, -0.2) is 0 Å². The summed E-state index contributed by atoms with van der Waals surface area (Å²) in [5.41, 5.74) is 2.96. The van der Waals surface area contributed by atoms with Crippen LogP contribution < -0.4 is 15.4 Å². The number of amides is 1. The third-order valence-corrected chi connectivity index (χ3v) is 4.21. The second-order valence-electron chi connectivity index (χ2n) is 6.94. The zero-order valence-electron chi connectivity index (χ0n) is 17.7. The maximum absolute atomic E-state index is 11.9. The summed E-state index contributed by atoms with van der Waals surface area (Å²) in [6.45, 7) is 5.31. The lowest BCUT2D eigenvalue weighted by molar-refractivity contribution is 0.0827. The smallest absolute Gasteiger partial charge is 0.253 e. The minimum absolute atomic E-state index is 0. The van der Waals surface area contributed by atoms with Gasteiger partial charge >= 0.3 is 0 Å². The number of benzene rings is 2. The van der Waals surface area contributed by atoms with Crippen LogP contribution in [0.15, 0.2) is 53.5 Å². The van der Waals surface area contributed by atoms with Crippen LogP contribution in [0.1, 0.15) is 28.4 Å². The molecule has 2 aromatic carbocycles. The lowest BCUT2D eigenvalue weighted by atomic mass is 10.1. The highest BCUT2D eigenvalue weighted by atomic mass is 127. The summed E-state index contributed by atoms with van der Waals surface area (Å²) in [4.78, 5) is 17.7. The minimum atomic E-state index is -0.00224. The van der Waals surface area contributed by atoms with E-state index in [1.165, 1.54) is 5.56 Å². The first-order valence-corrected chi connectivity index (χ1v) is 9.37. The highest BCUT2D eigenvalue weighted by molar-refractivity contribution is 14.0. The van der Waals surface area contributed by atoms with Crippen LogP contribution >= 0.6 is 24.0 Å². The number of rotatable bonds is 7. The first-order valence-electron chi connectivity index (χ1n) is 9.37. The fraction of sp³-hybridized carbons (Fsp3) is 0.364. The molecule has 0 spiro atoms. The molecule has 2 rings (SSSR count). The molecule has 0 aliphatic carbocycles. The molecule has 7 heteroatoms. The predicted octanol–water partition coefficient (Wildman–Crippen LogP) is 3.45. The quantitative estimate of drug-likeness (QED) is 0.340. The topological polar surface area (TPSA) is 66.0 Å². The third kappa shape index (κ3) is 8.31. The molecular formula is C22H31IN4O2. The highest BCUT2D eigenvalue weighted by Crippen LogP contribution is 2.13. The summed E-state index contributed by atoms with van der Waals surface area (Å²) in [6, 6.07) is 15.6. The zero-order chi connectivity index (χ0) is 20.5. The average molecular weight is 510 g/mol. The normalized spacial score (nSPS) is 11.8. The minimum Gasteiger partial charge on any atom is -0.489 e. The van der Waals surface area contributed by atoms with E-state index in [0.717, 1.165) is 11.3 Å². The number of aryl methyl sites for hydroxylation is 1. The summed E-state index contributed by atoms with van der Waals surface area (Å²) < 4.78 is 5.90. The number of carbonyl (C=O) groups excluding carboxylic acids is 1. The highest BCUT2D eigenvalue weighted by Gasteiger charge is 2.08. The van der Waals surface area contributed by atoms with E-state index in [9.17, 15) is 4.79 Å². The van der Waals surface area contributed by atoms with Crippen molar-refractivity contribution in [1.82, 2.24) is 15.5 Å². The summed E-state index contributed by atoms with van der Waals surface area (Å²) in [5, 5.41) is 6.54. The molecule has 0 bridgehead atoms. The van der Waals surface area contributed by atoms with Crippen LogP contribution in [0.25, 0.3) is 0 Å². The molecule has 1 atom stereocenters. The Morgan fingerprint density at radius 2 is 1.69 bits per heavy atom. The summed E-state index contributed by atoms with van der Waals surface area (Å²) in [7, 11) is 5.23. The summed E-state index contributed by atoms with van der Waals surface area (Å²) in [5.74, 6) is 1.56. The van der Waals surface area contributed by atoms with Crippen LogP contribution in [-0.4, -0.2) is 50.6 Å². The van der Waals surface area contributed by atoms with Gasteiger partial charge in [0.1, 0.15) is 11.9 Å². The summed E-state index contributed by atoms with van der Waals surface area (Å²) >= 11 is 0. The molecule has 2 N–H and O–H groups in total. The van der Waals surface area contributed by atoms with Gasteiger partial charge in [0, 0.05) is 33.3 Å². The largest absolute Gasteiger partial charge is 0.489 e. The predicted molar refractivity (Wildman–Crippen MR) is 129 cm³/mol. The van der Waals surface area contributed by atoms with Crippen LogP contribution in [0.5, 0.6) is 5.75 Å². The average Bonchev–Trinajstić information content (AvgIpc) is 2.69. The first kappa shape index (κ1) is 24.7. The summed E-state index contributed by atoms with van der Waals surface area (Å²) in [6.07, 6.45) is -0.00224. The molecule has 1 amide bonds. The molecule has 0 fully saturated rings. The Morgan fingerprint density at radius 3 is 2.24 bits per heavy atom. The fourth-order valence-electron chi connectivity index (χ4n) is 2.56. The lowest BCUT2D eigenvalue weighted by Gasteiger charge is -2.18. The van der Waals surface area contributed by atoms with Gasteiger partial charge < -0.3 is 20.3 Å². The van der Waals surface area contributed by atoms with E-state index in [-0.39, 0.29) is 36.0 Å². The van der Waals surface area contributed by atoms with Crippen LogP contribution in [0, 0.1) is 6.92 Å². The van der Waals surface area contributed by atoms with Gasteiger partial charge in [0.15, 0.2) is 5.96 Å². The molecule has 158 valence electrons. The molecule has 1 unspecified atom stereocenters. The van der Waals surface area contributed by atoms with Crippen molar-refractivity contribution in [3.8, 4) is 5.75 Å². The maximum Gasteiger partial charge on any atom is 0.253 e. The van der Waals surface area contributed by atoms with Crippen LogP contribution in [0.4, 0.5) is 0 Å². The number of hydrogen-bond donors (Lipinski definition) is 2. The van der Waals surface area contributed by atoms with Crippen molar-refractivity contribution in [2.24, 2.45) is 4.99 Å². The Balaban J connectivity index is 0.00000420. The van der Waals surface area contributed by atoms with Gasteiger partial charge in [0.05, 0.1) is 6.54 Å². The van der Waals surface area contributed by atoms with Gasteiger partial charge in [-0.3, -0.25) is 9.79 Å². The lowest BCUT2D eigenvalue weighted by Crippen LogP contribution is -2.41. The Kier molecular flexibility index (Phi) is 10.5. The molecule has 0 aliphatic heterocycles. The number of ether oxygens (including phenoxy) is 1. The number of halogens is 1. The van der Waals surface area contributed by atoms with Gasteiger partial charge in [0.25, 0.3) is 5.91 Å². The number of hydrogen-bond acceptors (Lipinski definition) is 3. The van der Waals surface area contributed by atoms with Crippen LogP contribution in [0.3, 0.4) is 0 Å². The van der Waals surface area contributed by atoms with Crippen molar-refractivity contribution in [1.29, 1.82) is 0 Å². The molecular weight excluding hydrogens is 479 g/mol. The van der Waals surface area contributed by atoms with Crippen molar-refractivity contribution in [2.45, 2.75) is 26.5 Å². The number of guanidine groups is 1. The molecule has 2 aromatic rings. The fourth-order valence-corrected chi connectivity index (χ4v) is 2.56. The molecule has 6 nitrogen and oxygen atoms in total. The van der Waals surface area contributed by atoms with Gasteiger partial charge in [0.2, 0.25) is 0 Å². The molecule has 0 saturated carbocycles. The standard InChI is InChI=1S/C22H30N4O2.HI/c1-16-6-12-20(13-7-16)28-17(2)14-24-22(23-3)25-15-18-8-10-19(11-9-18)21(27)26(4)5;/h6-13,17H,14-15H2,1-5H3,(H2,23,24,25);1H. The molecule has 0 heterocycles. The monoisotopic (exact) mass is 510 g/mol. The van der Waals surface area contributed by atoms with Gasteiger partial charge in [-0.15, -0.1) is 24.0 Å². The zero-order valence-corrected chi connectivity index (χ0v) is 20.1. The second-order valence-corrected chi connectivity index (χ2v) is 6.94. The second kappa shape index (κ2) is 12.3. The van der Waals surface area contributed by atoms with E-state index >= 15 is 0 Å². The van der Waals surface area contributed by atoms with Crippen molar-refractivity contribution in [3.63, 3.8) is 0 Å². The SMILES string of the molecule is CN=C(NCc1ccc(C(=O)N(C)C)cc1)NCC(C)Oc1ccc(C)cc1.I. The van der Waals surface area contributed by atoms with Crippen LogP contribution in [-0.2, 0) is 6.54 Å². The van der Waals surface area contributed by atoms with E-state index in [0.29, 0.717) is 24.6 Å². The van der Waals surface area contributed by atoms with Crippen molar-refractivity contribution in [3.05, 3.63) is 65.2 Å².